The molecule has 0 bridgehead atoms. The van der Waals surface area contributed by atoms with Crippen LogP contribution in [0.4, 0.5) is 20.2 Å². The lowest BCUT2D eigenvalue weighted by atomic mass is 10.1. The van der Waals surface area contributed by atoms with Gasteiger partial charge in [0.1, 0.15) is 11.4 Å². The van der Waals surface area contributed by atoms with E-state index in [9.17, 15) is 18.4 Å². The van der Waals surface area contributed by atoms with E-state index < -0.39 is 18.4 Å². The minimum atomic E-state index is -2.90. The number of halogens is 2. The maximum absolute atomic E-state index is 12.4. The Morgan fingerprint density at radius 2 is 1.61 bits per heavy atom. The minimum absolute atomic E-state index is 0.0265. The average Bonchev–Trinajstić information content (AvgIpc) is 3.22. The molecule has 4 N–H and O–H groups in total. The molecule has 9 heteroatoms. The number of ether oxygens (including phenoxy) is 1. The van der Waals surface area contributed by atoms with Gasteiger partial charge in [-0.25, -0.2) is 0 Å². The molecule has 0 aliphatic carbocycles. The molecule has 0 radical (unpaired) electrons. The molecule has 0 saturated heterocycles. The molecular formula is C19H16F2N4O3. The van der Waals surface area contributed by atoms with Crippen molar-refractivity contribution in [3.63, 3.8) is 0 Å². The van der Waals surface area contributed by atoms with Crippen LogP contribution in [0.15, 0.2) is 66.9 Å². The number of carbonyl (C=O) groups excluding carboxylic acids is 2. The Hall–Kier alpha value is -3.88. The monoisotopic (exact) mass is 386 g/mol. The van der Waals surface area contributed by atoms with Crippen LogP contribution in [0.1, 0.15) is 20.8 Å². The standard InChI is InChI=1S/C19H16F2N4O3/c20-19(21)28-13-9-7-12(8-10-13)23-15-5-2-1-4-14(15)17(26)24-25-18(27)16-6-3-11-22-16/h1-11,19,22-23H,(H,24,26)(H,25,27). The molecule has 0 aliphatic heterocycles. The third-order valence-electron chi connectivity index (χ3n) is 3.66. The smallest absolute Gasteiger partial charge is 0.387 e. The molecule has 0 atom stereocenters. The number of hydrogen-bond acceptors (Lipinski definition) is 4. The fourth-order valence-corrected chi connectivity index (χ4v) is 2.39. The number of nitrogens with one attached hydrogen (secondary N) is 4. The Balaban J connectivity index is 1.66. The highest BCUT2D eigenvalue weighted by Gasteiger charge is 2.13. The van der Waals surface area contributed by atoms with Crippen LogP contribution in [0.3, 0.4) is 0 Å². The Bertz CT molecular complexity index is 944. The van der Waals surface area contributed by atoms with Crippen molar-refractivity contribution in [3.05, 3.63) is 78.1 Å². The Morgan fingerprint density at radius 1 is 0.893 bits per heavy atom. The van der Waals surface area contributed by atoms with Gasteiger partial charge in [-0.1, -0.05) is 12.1 Å². The van der Waals surface area contributed by atoms with Gasteiger partial charge in [0.15, 0.2) is 0 Å². The van der Waals surface area contributed by atoms with Gasteiger partial charge in [-0.2, -0.15) is 8.78 Å². The number of carbonyl (C=O) groups is 2. The fraction of sp³-hybridized carbons (Fsp3) is 0.0526. The third-order valence-corrected chi connectivity index (χ3v) is 3.66. The lowest BCUT2D eigenvalue weighted by molar-refractivity contribution is -0.0498. The number of aromatic nitrogens is 1. The summed E-state index contributed by atoms with van der Waals surface area (Å²) < 4.78 is 28.7. The van der Waals surface area contributed by atoms with Crippen LogP contribution in [-0.2, 0) is 0 Å². The zero-order chi connectivity index (χ0) is 19.9. The average molecular weight is 386 g/mol. The second kappa shape index (κ2) is 8.67. The summed E-state index contributed by atoms with van der Waals surface area (Å²) in [7, 11) is 0. The van der Waals surface area contributed by atoms with Gasteiger partial charge in [0.25, 0.3) is 11.8 Å². The summed E-state index contributed by atoms with van der Waals surface area (Å²) in [5, 5.41) is 3.03. The van der Waals surface area contributed by atoms with Gasteiger partial charge in [-0.3, -0.25) is 20.4 Å². The van der Waals surface area contributed by atoms with E-state index in [0.717, 1.165) is 0 Å². The molecule has 2 amide bonds. The topological polar surface area (TPSA) is 95.2 Å². The number of H-pyrrole nitrogens is 1. The van der Waals surface area contributed by atoms with Crippen molar-refractivity contribution in [3.8, 4) is 5.75 Å². The first-order valence-electron chi connectivity index (χ1n) is 8.18. The highest BCUT2D eigenvalue weighted by atomic mass is 19.3. The molecular weight excluding hydrogens is 370 g/mol. The summed E-state index contributed by atoms with van der Waals surface area (Å²) in [6, 6.07) is 15.7. The predicted molar refractivity (Wildman–Crippen MR) is 98.5 cm³/mol. The highest BCUT2D eigenvalue weighted by Crippen LogP contribution is 2.23. The molecule has 1 heterocycles. The fourth-order valence-electron chi connectivity index (χ4n) is 2.39. The van der Waals surface area contributed by atoms with Gasteiger partial charge in [-0.05, 0) is 48.5 Å². The van der Waals surface area contributed by atoms with Gasteiger partial charge in [0.2, 0.25) is 0 Å². The zero-order valence-corrected chi connectivity index (χ0v) is 14.4. The SMILES string of the molecule is O=C(NNC(=O)c1ccccc1Nc1ccc(OC(F)F)cc1)c1ccc[nH]1. The Labute approximate surface area is 158 Å². The molecule has 7 nitrogen and oxygen atoms in total. The lowest BCUT2D eigenvalue weighted by Gasteiger charge is -2.13. The molecule has 3 aromatic rings. The number of rotatable bonds is 6. The number of para-hydroxylation sites is 1. The van der Waals surface area contributed by atoms with Gasteiger partial charge < -0.3 is 15.0 Å². The van der Waals surface area contributed by atoms with E-state index in [-0.39, 0.29) is 11.3 Å². The first-order chi connectivity index (χ1) is 13.5. The van der Waals surface area contributed by atoms with Crippen molar-refractivity contribution in [2.45, 2.75) is 6.61 Å². The molecule has 0 aliphatic rings. The molecule has 0 fully saturated rings. The van der Waals surface area contributed by atoms with Crippen molar-refractivity contribution < 1.29 is 23.1 Å². The van der Waals surface area contributed by atoms with Gasteiger partial charge in [0.05, 0.1) is 11.3 Å². The Morgan fingerprint density at radius 3 is 2.29 bits per heavy atom. The van der Waals surface area contributed by atoms with Crippen LogP contribution in [0, 0.1) is 0 Å². The van der Waals surface area contributed by atoms with E-state index >= 15 is 0 Å². The zero-order valence-electron chi connectivity index (χ0n) is 14.4. The van der Waals surface area contributed by atoms with Crippen LogP contribution in [0.25, 0.3) is 0 Å². The molecule has 1 aromatic heterocycles. The molecule has 3 rings (SSSR count). The summed E-state index contributed by atoms with van der Waals surface area (Å²) in [6.45, 7) is -2.90. The van der Waals surface area contributed by atoms with Crippen LogP contribution < -0.4 is 20.9 Å². The number of amides is 2. The summed E-state index contributed by atoms with van der Waals surface area (Å²) in [6.07, 6.45) is 1.59. The predicted octanol–water partition coefficient (Wildman–Crippen LogP) is 3.43. The van der Waals surface area contributed by atoms with Crippen molar-refractivity contribution in [2.75, 3.05) is 5.32 Å². The van der Waals surface area contributed by atoms with E-state index in [1.54, 1.807) is 54.7 Å². The maximum Gasteiger partial charge on any atom is 0.387 e. The van der Waals surface area contributed by atoms with E-state index in [1.165, 1.54) is 12.1 Å². The third kappa shape index (κ3) is 4.85. The Kier molecular flexibility index (Phi) is 5.85. The number of hydrogen-bond donors (Lipinski definition) is 4. The van der Waals surface area contributed by atoms with Crippen molar-refractivity contribution >= 4 is 23.2 Å². The minimum Gasteiger partial charge on any atom is -0.435 e. The molecule has 144 valence electrons. The van der Waals surface area contributed by atoms with E-state index in [1.807, 2.05) is 0 Å². The van der Waals surface area contributed by atoms with Crippen molar-refractivity contribution in [2.24, 2.45) is 0 Å². The summed E-state index contributed by atoms with van der Waals surface area (Å²) in [4.78, 5) is 27.0. The van der Waals surface area contributed by atoms with E-state index in [4.69, 9.17) is 0 Å². The molecule has 28 heavy (non-hydrogen) atoms. The van der Waals surface area contributed by atoms with Crippen molar-refractivity contribution in [1.82, 2.24) is 15.8 Å². The van der Waals surface area contributed by atoms with E-state index in [2.05, 4.69) is 25.9 Å². The van der Waals surface area contributed by atoms with Crippen LogP contribution in [0.2, 0.25) is 0 Å². The largest absolute Gasteiger partial charge is 0.435 e. The van der Waals surface area contributed by atoms with Gasteiger partial charge >= 0.3 is 6.61 Å². The van der Waals surface area contributed by atoms with Crippen molar-refractivity contribution in [1.29, 1.82) is 0 Å². The lowest BCUT2D eigenvalue weighted by Crippen LogP contribution is -2.41. The number of alkyl halides is 2. The number of anilines is 2. The second-order valence-electron chi connectivity index (χ2n) is 5.57. The number of hydrazine groups is 1. The number of benzene rings is 2. The second-order valence-corrected chi connectivity index (χ2v) is 5.57. The first kappa shape index (κ1) is 18.9. The molecule has 2 aromatic carbocycles. The quantitative estimate of drug-likeness (QED) is 0.488. The van der Waals surface area contributed by atoms with Crippen LogP contribution in [0.5, 0.6) is 5.75 Å². The molecule has 0 unspecified atom stereocenters. The summed E-state index contributed by atoms with van der Waals surface area (Å²) in [5.74, 6) is -0.988. The van der Waals surface area contributed by atoms with Crippen LogP contribution >= 0.6 is 0 Å². The highest BCUT2D eigenvalue weighted by molar-refractivity contribution is 6.02. The van der Waals surface area contributed by atoms with Crippen LogP contribution in [-0.4, -0.2) is 23.4 Å². The molecule has 0 spiro atoms. The normalized spacial score (nSPS) is 10.4. The summed E-state index contributed by atoms with van der Waals surface area (Å²) >= 11 is 0. The number of aromatic amines is 1. The summed E-state index contributed by atoms with van der Waals surface area (Å²) in [5.41, 5.74) is 6.28. The molecule has 0 saturated carbocycles. The van der Waals surface area contributed by atoms with E-state index in [0.29, 0.717) is 17.1 Å². The maximum atomic E-state index is 12.4. The first-order valence-corrected chi connectivity index (χ1v) is 8.18. The van der Waals surface area contributed by atoms with Gasteiger partial charge in [0, 0.05) is 11.9 Å². The van der Waals surface area contributed by atoms with Gasteiger partial charge in [-0.15, -0.1) is 0 Å².